The van der Waals surface area contributed by atoms with E-state index >= 15 is 0 Å². The van der Waals surface area contributed by atoms with Crippen molar-refractivity contribution in [2.24, 2.45) is 5.92 Å². The summed E-state index contributed by atoms with van der Waals surface area (Å²) < 4.78 is 51.9. The van der Waals surface area contributed by atoms with Gasteiger partial charge in [-0.1, -0.05) is 6.07 Å². The monoisotopic (exact) mass is 415 g/mol. The van der Waals surface area contributed by atoms with Crippen LogP contribution < -0.4 is 9.46 Å². The second-order valence-electron chi connectivity index (χ2n) is 7.71. The number of halogens is 1. The van der Waals surface area contributed by atoms with E-state index in [9.17, 15) is 17.6 Å². The molecule has 2 rings (SSSR count). The molecule has 0 heterocycles. The molecule has 0 unspecified atom stereocenters. The molecule has 1 fully saturated rings. The van der Waals surface area contributed by atoms with Gasteiger partial charge in [-0.25, -0.2) is 17.5 Å². The standard InChI is InChI=1S/C20H30FNO5S/c1-4-26-19(23)7-5-6-12-28(24,25)22-20(2,3)16-10-11-17(21)18(13-16)27-14-15-8-9-15/h10-11,13,15,22H,4-9,12,14H2,1-3H3. The lowest BCUT2D eigenvalue weighted by molar-refractivity contribution is -0.143. The number of rotatable bonds is 12. The third-order valence-corrected chi connectivity index (χ3v) is 6.23. The highest BCUT2D eigenvalue weighted by Gasteiger charge is 2.28. The maximum absolute atomic E-state index is 14.0. The van der Waals surface area contributed by atoms with Crippen LogP contribution in [-0.2, 0) is 25.1 Å². The normalized spacial score (nSPS) is 14.7. The van der Waals surface area contributed by atoms with E-state index in [0.29, 0.717) is 37.5 Å². The highest BCUT2D eigenvalue weighted by molar-refractivity contribution is 7.89. The van der Waals surface area contributed by atoms with Gasteiger partial charge in [-0.15, -0.1) is 0 Å². The van der Waals surface area contributed by atoms with Gasteiger partial charge >= 0.3 is 5.97 Å². The van der Waals surface area contributed by atoms with Crippen molar-refractivity contribution in [1.82, 2.24) is 4.72 Å². The summed E-state index contributed by atoms with van der Waals surface area (Å²) in [6.07, 6.45) is 3.19. The van der Waals surface area contributed by atoms with Crippen LogP contribution in [0.4, 0.5) is 4.39 Å². The summed E-state index contributed by atoms with van der Waals surface area (Å²) in [7, 11) is -3.57. The first-order valence-electron chi connectivity index (χ1n) is 9.73. The molecule has 1 aromatic carbocycles. The summed E-state index contributed by atoms with van der Waals surface area (Å²) in [5.74, 6) is -0.238. The number of hydrogen-bond donors (Lipinski definition) is 1. The third kappa shape index (κ3) is 7.39. The van der Waals surface area contributed by atoms with Crippen molar-refractivity contribution in [3.05, 3.63) is 29.6 Å². The van der Waals surface area contributed by atoms with Crippen molar-refractivity contribution in [3.63, 3.8) is 0 Å². The first-order valence-corrected chi connectivity index (χ1v) is 11.4. The lowest BCUT2D eigenvalue weighted by atomic mass is 9.95. The van der Waals surface area contributed by atoms with Crippen LogP contribution >= 0.6 is 0 Å². The number of benzene rings is 1. The average Bonchev–Trinajstić information content (AvgIpc) is 3.41. The zero-order chi connectivity index (χ0) is 20.8. The number of ether oxygens (including phenoxy) is 2. The third-order valence-electron chi connectivity index (χ3n) is 4.58. The molecule has 0 aliphatic heterocycles. The summed E-state index contributed by atoms with van der Waals surface area (Å²) in [5, 5.41) is 0. The van der Waals surface area contributed by atoms with Crippen molar-refractivity contribution in [1.29, 1.82) is 0 Å². The molecular formula is C20H30FNO5S. The number of carbonyl (C=O) groups excluding carboxylic acids is 1. The van der Waals surface area contributed by atoms with Gasteiger partial charge in [0.05, 0.1) is 24.5 Å². The van der Waals surface area contributed by atoms with E-state index in [-0.39, 0.29) is 23.9 Å². The fourth-order valence-electron chi connectivity index (χ4n) is 2.79. The summed E-state index contributed by atoms with van der Waals surface area (Å²) >= 11 is 0. The Balaban J connectivity index is 1.93. The van der Waals surface area contributed by atoms with Crippen LogP contribution in [-0.4, -0.2) is 33.4 Å². The highest BCUT2D eigenvalue weighted by atomic mass is 32.2. The first kappa shape index (κ1) is 22.6. The SMILES string of the molecule is CCOC(=O)CCCCS(=O)(=O)NC(C)(C)c1ccc(F)c(OCC2CC2)c1. The van der Waals surface area contributed by atoms with Gasteiger partial charge in [0.25, 0.3) is 0 Å². The Morgan fingerprint density at radius 1 is 1.29 bits per heavy atom. The van der Waals surface area contributed by atoms with Crippen LogP contribution in [0.25, 0.3) is 0 Å². The van der Waals surface area contributed by atoms with Gasteiger partial charge in [0.1, 0.15) is 0 Å². The molecule has 0 amide bonds. The van der Waals surface area contributed by atoms with E-state index in [4.69, 9.17) is 9.47 Å². The number of nitrogens with one attached hydrogen (secondary N) is 1. The summed E-state index contributed by atoms with van der Waals surface area (Å²) in [6, 6.07) is 4.41. The second-order valence-corrected chi connectivity index (χ2v) is 9.55. The molecule has 0 spiro atoms. The summed E-state index contributed by atoms with van der Waals surface area (Å²) in [6.45, 7) is 5.97. The minimum Gasteiger partial charge on any atom is -0.490 e. The Morgan fingerprint density at radius 3 is 2.64 bits per heavy atom. The molecule has 1 aromatic rings. The smallest absolute Gasteiger partial charge is 0.305 e. The predicted molar refractivity (Wildman–Crippen MR) is 105 cm³/mol. The number of unbranched alkanes of at least 4 members (excludes halogenated alkanes) is 1. The minimum absolute atomic E-state index is 0.0952. The first-order chi connectivity index (χ1) is 13.1. The van der Waals surface area contributed by atoms with Crippen LogP contribution in [0.1, 0.15) is 58.4 Å². The van der Waals surface area contributed by atoms with E-state index < -0.39 is 21.4 Å². The Hall–Kier alpha value is -1.67. The Morgan fingerprint density at radius 2 is 2.00 bits per heavy atom. The molecule has 6 nitrogen and oxygen atoms in total. The highest BCUT2D eigenvalue weighted by Crippen LogP contribution is 2.32. The molecule has 0 radical (unpaired) electrons. The molecule has 28 heavy (non-hydrogen) atoms. The fourth-order valence-corrected chi connectivity index (χ4v) is 4.37. The van der Waals surface area contributed by atoms with Crippen LogP contribution in [0.2, 0.25) is 0 Å². The van der Waals surface area contributed by atoms with Crippen molar-refractivity contribution < 1.29 is 27.1 Å². The molecule has 0 bridgehead atoms. The molecule has 0 atom stereocenters. The number of esters is 1. The zero-order valence-corrected chi connectivity index (χ0v) is 17.6. The lowest BCUT2D eigenvalue weighted by Gasteiger charge is -2.27. The summed E-state index contributed by atoms with van der Waals surface area (Å²) in [4.78, 5) is 11.3. The maximum Gasteiger partial charge on any atom is 0.305 e. The molecule has 8 heteroatoms. The maximum atomic E-state index is 14.0. The van der Waals surface area contributed by atoms with Crippen molar-refractivity contribution in [2.45, 2.75) is 58.4 Å². The van der Waals surface area contributed by atoms with Crippen LogP contribution in [0.5, 0.6) is 5.75 Å². The quantitative estimate of drug-likeness (QED) is 0.417. The van der Waals surface area contributed by atoms with Crippen LogP contribution in [0, 0.1) is 11.7 Å². The number of carbonyl (C=O) groups is 1. The molecular weight excluding hydrogens is 385 g/mol. The molecule has 1 saturated carbocycles. The van der Waals surface area contributed by atoms with Gasteiger partial charge in [0, 0.05) is 6.42 Å². The molecule has 1 N–H and O–H groups in total. The minimum atomic E-state index is -3.57. The topological polar surface area (TPSA) is 81.7 Å². The van der Waals surface area contributed by atoms with Gasteiger partial charge in [-0.2, -0.15) is 0 Å². The van der Waals surface area contributed by atoms with Gasteiger partial charge in [-0.3, -0.25) is 4.79 Å². The Kier molecular flexibility index (Phi) is 7.83. The van der Waals surface area contributed by atoms with Gasteiger partial charge < -0.3 is 9.47 Å². The van der Waals surface area contributed by atoms with E-state index in [1.807, 2.05) is 0 Å². The summed E-state index contributed by atoms with van der Waals surface area (Å²) in [5.41, 5.74) is -0.305. The van der Waals surface area contributed by atoms with Crippen LogP contribution in [0.3, 0.4) is 0 Å². The van der Waals surface area contributed by atoms with Gasteiger partial charge in [0.15, 0.2) is 11.6 Å². The fraction of sp³-hybridized carbons (Fsp3) is 0.650. The van der Waals surface area contributed by atoms with Crippen molar-refractivity contribution in [3.8, 4) is 5.75 Å². The Bertz CT molecular complexity index is 775. The van der Waals surface area contributed by atoms with Crippen molar-refractivity contribution >= 4 is 16.0 Å². The second kappa shape index (κ2) is 9.69. The van der Waals surface area contributed by atoms with Gasteiger partial charge in [-0.05, 0) is 70.1 Å². The van der Waals surface area contributed by atoms with Gasteiger partial charge in [0.2, 0.25) is 10.0 Å². The molecule has 1 aliphatic rings. The van der Waals surface area contributed by atoms with E-state index in [1.165, 1.54) is 6.07 Å². The predicted octanol–water partition coefficient (Wildman–Crippen LogP) is 3.50. The molecule has 0 aromatic heterocycles. The van der Waals surface area contributed by atoms with E-state index in [1.54, 1.807) is 32.9 Å². The largest absolute Gasteiger partial charge is 0.490 e. The average molecular weight is 416 g/mol. The Labute approximate surface area is 166 Å². The zero-order valence-electron chi connectivity index (χ0n) is 16.8. The molecule has 1 aliphatic carbocycles. The molecule has 158 valence electrons. The van der Waals surface area contributed by atoms with Crippen molar-refractivity contribution in [2.75, 3.05) is 19.0 Å². The number of sulfonamides is 1. The molecule has 0 saturated heterocycles. The number of hydrogen-bond acceptors (Lipinski definition) is 5. The van der Waals surface area contributed by atoms with Crippen LogP contribution in [0.15, 0.2) is 18.2 Å². The van der Waals surface area contributed by atoms with E-state index in [2.05, 4.69) is 4.72 Å². The lowest BCUT2D eigenvalue weighted by Crippen LogP contribution is -2.42. The van der Waals surface area contributed by atoms with E-state index in [0.717, 1.165) is 12.8 Å².